The molecule has 1 aromatic carbocycles. The summed E-state index contributed by atoms with van der Waals surface area (Å²) in [5.41, 5.74) is 6.42. The molecule has 2 unspecified atom stereocenters. The topological polar surface area (TPSA) is 46.2 Å². The first-order valence-corrected chi connectivity index (χ1v) is 6.45. The monoisotopic (exact) mass is 273 g/mol. The van der Waals surface area contributed by atoms with Gasteiger partial charge in [-0.25, -0.2) is 4.39 Å². The summed E-state index contributed by atoms with van der Waals surface area (Å²) in [7, 11) is 0. The highest BCUT2D eigenvalue weighted by Gasteiger charge is 2.26. The highest BCUT2D eigenvalue weighted by molar-refractivity contribution is 6.31. The predicted molar refractivity (Wildman–Crippen MR) is 73.3 cm³/mol. The third kappa shape index (κ3) is 4.23. The van der Waals surface area contributed by atoms with Crippen LogP contribution in [0.2, 0.25) is 5.02 Å². The molecule has 3 N–H and O–H groups in total. The molecular formula is C14H21ClFNO. The van der Waals surface area contributed by atoms with Crippen LogP contribution in [-0.2, 0) is 0 Å². The van der Waals surface area contributed by atoms with Gasteiger partial charge in [0.05, 0.1) is 6.10 Å². The van der Waals surface area contributed by atoms with Gasteiger partial charge in [-0.1, -0.05) is 38.4 Å². The van der Waals surface area contributed by atoms with Gasteiger partial charge in [-0.3, -0.25) is 0 Å². The molecule has 0 saturated carbocycles. The summed E-state index contributed by atoms with van der Waals surface area (Å²) in [5, 5.41) is 10.6. The standard InChI is InChI=1S/C14H21ClFNO/c1-14(2,3)7-13(18)11(8-17)10-5-4-9(16)6-12(10)15/h4-6,11,13,18H,7-8,17H2,1-3H3. The summed E-state index contributed by atoms with van der Waals surface area (Å²) in [6.45, 7) is 6.44. The van der Waals surface area contributed by atoms with Gasteiger partial charge in [0.1, 0.15) is 5.82 Å². The molecule has 1 aromatic rings. The number of halogens is 2. The lowest BCUT2D eigenvalue weighted by molar-refractivity contribution is 0.0972. The van der Waals surface area contributed by atoms with E-state index < -0.39 is 6.10 Å². The second-order valence-electron chi connectivity index (χ2n) is 5.84. The molecule has 102 valence electrons. The largest absolute Gasteiger partial charge is 0.392 e. The number of hydrogen-bond acceptors (Lipinski definition) is 2. The lowest BCUT2D eigenvalue weighted by atomic mass is 9.82. The Morgan fingerprint density at radius 3 is 2.44 bits per heavy atom. The zero-order valence-corrected chi connectivity index (χ0v) is 11.8. The Balaban J connectivity index is 2.95. The highest BCUT2D eigenvalue weighted by Crippen LogP contribution is 2.32. The van der Waals surface area contributed by atoms with Gasteiger partial charge in [-0.05, 0) is 29.5 Å². The lowest BCUT2D eigenvalue weighted by Crippen LogP contribution is -2.29. The molecule has 0 aliphatic rings. The Morgan fingerprint density at radius 1 is 1.39 bits per heavy atom. The van der Waals surface area contributed by atoms with Crippen LogP contribution >= 0.6 is 11.6 Å². The number of aliphatic hydroxyl groups excluding tert-OH is 1. The van der Waals surface area contributed by atoms with Crippen molar-refractivity contribution in [2.75, 3.05) is 6.54 Å². The molecule has 0 saturated heterocycles. The first-order valence-electron chi connectivity index (χ1n) is 6.07. The predicted octanol–water partition coefficient (Wildman–Crippen LogP) is 3.32. The highest BCUT2D eigenvalue weighted by atomic mass is 35.5. The van der Waals surface area contributed by atoms with Crippen molar-refractivity contribution >= 4 is 11.6 Å². The minimum Gasteiger partial charge on any atom is -0.392 e. The maximum atomic E-state index is 13.0. The van der Waals surface area contributed by atoms with E-state index in [1.54, 1.807) is 6.07 Å². The van der Waals surface area contributed by atoms with E-state index in [9.17, 15) is 9.50 Å². The van der Waals surface area contributed by atoms with Gasteiger partial charge in [0.2, 0.25) is 0 Å². The average molecular weight is 274 g/mol. The zero-order valence-electron chi connectivity index (χ0n) is 11.1. The maximum absolute atomic E-state index is 13.0. The second-order valence-corrected chi connectivity index (χ2v) is 6.25. The van der Waals surface area contributed by atoms with Gasteiger partial charge >= 0.3 is 0 Å². The third-order valence-corrected chi connectivity index (χ3v) is 3.23. The van der Waals surface area contributed by atoms with E-state index in [1.165, 1.54) is 12.1 Å². The van der Waals surface area contributed by atoms with Crippen LogP contribution in [0.3, 0.4) is 0 Å². The quantitative estimate of drug-likeness (QED) is 0.884. The smallest absolute Gasteiger partial charge is 0.124 e. The summed E-state index contributed by atoms with van der Waals surface area (Å²) < 4.78 is 13.0. The molecule has 0 fully saturated rings. The molecule has 2 nitrogen and oxygen atoms in total. The van der Waals surface area contributed by atoms with Crippen LogP contribution in [0.25, 0.3) is 0 Å². The summed E-state index contributed by atoms with van der Waals surface area (Å²) >= 11 is 6.01. The van der Waals surface area contributed by atoms with E-state index in [0.717, 1.165) is 0 Å². The van der Waals surface area contributed by atoms with Crippen LogP contribution in [0, 0.1) is 11.2 Å². The molecular weight excluding hydrogens is 253 g/mol. The van der Waals surface area contributed by atoms with Gasteiger partial charge < -0.3 is 10.8 Å². The molecule has 0 bridgehead atoms. The van der Waals surface area contributed by atoms with Crippen molar-refractivity contribution < 1.29 is 9.50 Å². The average Bonchev–Trinajstić information content (AvgIpc) is 2.19. The third-order valence-electron chi connectivity index (χ3n) is 2.90. The lowest BCUT2D eigenvalue weighted by Gasteiger charge is -2.28. The molecule has 0 spiro atoms. The zero-order chi connectivity index (χ0) is 13.9. The normalized spacial score (nSPS) is 15.5. The number of aliphatic hydroxyl groups is 1. The molecule has 0 heterocycles. The minimum atomic E-state index is -0.585. The Bertz CT molecular complexity index is 403. The van der Waals surface area contributed by atoms with Gasteiger partial charge in [0, 0.05) is 17.5 Å². The van der Waals surface area contributed by atoms with Crippen LogP contribution < -0.4 is 5.73 Å². The van der Waals surface area contributed by atoms with Gasteiger partial charge in [0.15, 0.2) is 0 Å². The molecule has 4 heteroatoms. The molecule has 18 heavy (non-hydrogen) atoms. The fourth-order valence-electron chi connectivity index (χ4n) is 2.06. The van der Waals surface area contributed by atoms with Crippen molar-refractivity contribution in [3.8, 4) is 0 Å². The van der Waals surface area contributed by atoms with E-state index in [4.69, 9.17) is 17.3 Å². The fourth-order valence-corrected chi connectivity index (χ4v) is 2.37. The van der Waals surface area contributed by atoms with Crippen LogP contribution in [0.4, 0.5) is 4.39 Å². The van der Waals surface area contributed by atoms with E-state index in [1.807, 2.05) is 0 Å². The number of benzene rings is 1. The molecule has 2 atom stereocenters. The first-order chi connectivity index (χ1) is 8.24. The Labute approximate surface area is 113 Å². The van der Waals surface area contributed by atoms with Crippen molar-refractivity contribution in [2.24, 2.45) is 11.1 Å². The van der Waals surface area contributed by atoms with Crippen molar-refractivity contribution in [2.45, 2.75) is 39.2 Å². The van der Waals surface area contributed by atoms with Gasteiger partial charge in [0.25, 0.3) is 0 Å². The van der Waals surface area contributed by atoms with Crippen molar-refractivity contribution in [1.82, 2.24) is 0 Å². The van der Waals surface area contributed by atoms with Crippen LogP contribution in [0.1, 0.15) is 38.7 Å². The van der Waals surface area contributed by atoms with E-state index >= 15 is 0 Å². The first kappa shape index (κ1) is 15.4. The summed E-state index contributed by atoms with van der Waals surface area (Å²) in [6, 6.07) is 4.19. The van der Waals surface area contributed by atoms with Gasteiger partial charge in [-0.15, -0.1) is 0 Å². The van der Waals surface area contributed by atoms with E-state index in [2.05, 4.69) is 20.8 Å². The van der Waals surface area contributed by atoms with E-state index in [-0.39, 0.29) is 23.7 Å². The molecule has 0 aromatic heterocycles. The summed E-state index contributed by atoms with van der Waals surface area (Å²) in [4.78, 5) is 0. The molecule has 0 amide bonds. The second kappa shape index (κ2) is 6.00. The Hall–Kier alpha value is -0.640. The van der Waals surface area contributed by atoms with Crippen LogP contribution in [0.5, 0.6) is 0 Å². The molecule has 0 aliphatic carbocycles. The van der Waals surface area contributed by atoms with Crippen LogP contribution in [-0.4, -0.2) is 17.8 Å². The van der Waals surface area contributed by atoms with Crippen LogP contribution in [0.15, 0.2) is 18.2 Å². The van der Waals surface area contributed by atoms with Gasteiger partial charge in [-0.2, -0.15) is 0 Å². The Kier molecular flexibility index (Phi) is 5.14. The van der Waals surface area contributed by atoms with E-state index in [0.29, 0.717) is 17.0 Å². The minimum absolute atomic E-state index is 0.000652. The maximum Gasteiger partial charge on any atom is 0.124 e. The summed E-state index contributed by atoms with van der Waals surface area (Å²) in [6.07, 6.45) is 0.0284. The number of hydrogen-bond donors (Lipinski definition) is 2. The Morgan fingerprint density at radius 2 is 2.00 bits per heavy atom. The summed E-state index contributed by atoms with van der Waals surface area (Å²) in [5.74, 6) is -0.651. The van der Waals surface area contributed by atoms with Crippen molar-refractivity contribution in [1.29, 1.82) is 0 Å². The fraction of sp³-hybridized carbons (Fsp3) is 0.571. The molecule has 1 rings (SSSR count). The number of nitrogens with two attached hydrogens (primary N) is 1. The molecule has 0 radical (unpaired) electrons. The molecule has 0 aliphatic heterocycles. The van der Waals surface area contributed by atoms with Crippen molar-refractivity contribution in [3.05, 3.63) is 34.6 Å². The number of rotatable bonds is 4. The SMILES string of the molecule is CC(C)(C)CC(O)C(CN)c1ccc(F)cc1Cl. The van der Waals surface area contributed by atoms with Crippen molar-refractivity contribution in [3.63, 3.8) is 0 Å².